The third kappa shape index (κ3) is 4.51. The first-order chi connectivity index (χ1) is 7.24. The van der Waals surface area contributed by atoms with E-state index in [1.54, 1.807) is 6.07 Å². The molecule has 0 aliphatic heterocycles. The minimum absolute atomic E-state index is 0.515. The molecule has 3 nitrogen and oxygen atoms in total. The Hall–Kier alpha value is -0.770. The summed E-state index contributed by atoms with van der Waals surface area (Å²) in [6.45, 7) is 4.14. The Bertz CT molecular complexity index is 305. The summed E-state index contributed by atoms with van der Waals surface area (Å²) in [6.07, 6.45) is 0. The van der Waals surface area contributed by atoms with Crippen LogP contribution in [-0.2, 0) is 4.74 Å². The van der Waals surface area contributed by atoms with Crippen LogP contribution in [0.5, 0.6) is 5.75 Å². The van der Waals surface area contributed by atoms with E-state index in [0.29, 0.717) is 31.4 Å². The van der Waals surface area contributed by atoms with Gasteiger partial charge in [0, 0.05) is 11.6 Å². The molecule has 0 fully saturated rings. The smallest absolute Gasteiger partial charge is 0.123 e. The summed E-state index contributed by atoms with van der Waals surface area (Å²) in [6, 6.07) is 5.58. The summed E-state index contributed by atoms with van der Waals surface area (Å²) < 4.78 is 10.7. The summed E-state index contributed by atoms with van der Waals surface area (Å²) in [5, 5.41) is 0.679. The Morgan fingerprint density at radius 3 is 2.80 bits per heavy atom. The van der Waals surface area contributed by atoms with Crippen LogP contribution in [0.3, 0.4) is 0 Å². The van der Waals surface area contributed by atoms with Crippen molar-refractivity contribution in [2.75, 3.05) is 26.4 Å². The number of hydrogen-bond acceptors (Lipinski definition) is 3. The second kappa shape index (κ2) is 6.67. The highest BCUT2D eigenvalue weighted by atomic mass is 35.5. The fourth-order valence-electron chi connectivity index (χ4n) is 1.13. The van der Waals surface area contributed by atoms with Crippen molar-refractivity contribution in [3.05, 3.63) is 28.8 Å². The predicted octanol–water partition coefficient (Wildman–Crippen LogP) is 2.00. The van der Waals surface area contributed by atoms with Gasteiger partial charge in [0.15, 0.2) is 0 Å². The normalized spacial score (nSPS) is 10.3. The van der Waals surface area contributed by atoms with Crippen LogP contribution in [-0.4, -0.2) is 26.4 Å². The third-order valence-electron chi connectivity index (χ3n) is 1.90. The highest BCUT2D eigenvalue weighted by molar-refractivity contribution is 6.30. The molecular formula is C11H16ClNO2. The Balaban J connectivity index is 2.33. The number of rotatable bonds is 6. The summed E-state index contributed by atoms with van der Waals surface area (Å²) in [4.78, 5) is 0. The van der Waals surface area contributed by atoms with Crippen molar-refractivity contribution < 1.29 is 9.47 Å². The number of hydrogen-bond donors (Lipinski definition) is 1. The molecule has 1 rings (SSSR count). The molecule has 0 radical (unpaired) electrons. The topological polar surface area (TPSA) is 44.5 Å². The second-order valence-electron chi connectivity index (χ2n) is 3.16. The number of aryl methyl sites for hydroxylation is 1. The molecule has 0 aliphatic carbocycles. The maximum absolute atomic E-state index is 5.85. The Labute approximate surface area is 95.1 Å². The van der Waals surface area contributed by atoms with Gasteiger partial charge in [-0.05, 0) is 24.6 Å². The van der Waals surface area contributed by atoms with E-state index in [2.05, 4.69) is 0 Å². The molecule has 0 unspecified atom stereocenters. The molecule has 0 saturated heterocycles. The Kier molecular flexibility index (Phi) is 5.47. The molecule has 0 heterocycles. The van der Waals surface area contributed by atoms with Gasteiger partial charge in [-0.25, -0.2) is 0 Å². The number of nitrogens with two attached hydrogens (primary N) is 1. The minimum atomic E-state index is 0.515. The van der Waals surface area contributed by atoms with Crippen molar-refractivity contribution in [3.8, 4) is 5.75 Å². The highest BCUT2D eigenvalue weighted by Crippen LogP contribution is 2.22. The molecule has 15 heavy (non-hydrogen) atoms. The van der Waals surface area contributed by atoms with Crippen LogP contribution in [0.15, 0.2) is 18.2 Å². The van der Waals surface area contributed by atoms with Crippen molar-refractivity contribution in [1.29, 1.82) is 0 Å². The molecule has 0 amide bonds. The first-order valence-corrected chi connectivity index (χ1v) is 5.28. The van der Waals surface area contributed by atoms with Gasteiger partial charge in [0.1, 0.15) is 12.4 Å². The molecule has 84 valence electrons. The average Bonchev–Trinajstić information content (AvgIpc) is 2.23. The Morgan fingerprint density at radius 2 is 2.07 bits per heavy atom. The van der Waals surface area contributed by atoms with Crippen LogP contribution in [0, 0.1) is 6.92 Å². The summed E-state index contributed by atoms with van der Waals surface area (Å²) >= 11 is 5.85. The first kappa shape index (κ1) is 12.3. The van der Waals surface area contributed by atoms with E-state index in [-0.39, 0.29) is 0 Å². The van der Waals surface area contributed by atoms with Crippen molar-refractivity contribution >= 4 is 11.6 Å². The van der Waals surface area contributed by atoms with E-state index in [1.165, 1.54) is 0 Å². The van der Waals surface area contributed by atoms with E-state index in [9.17, 15) is 0 Å². The van der Waals surface area contributed by atoms with Gasteiger partial charge < -0.3 is 15.2 Å². The second-order valence-corrected chi connectivity index (χ2v) is 3.60. The summed E-state index contributed by atoms with van der Waals surface area (Å²) in [5.74, 6) is 0.804. The largest absolute Gasteiger partial charge is 0.491 e. The van der Waals surface area contributed by atoms with Crippen molar-refractivity contribution in [2.45, 2.75) is 6.92 Å². The van der Waals surface area contributed by atoms with Crippen molar-refractivity contribution in [1.82, 2.24) is 0 Å². The van der Waals surface area contributed by atoms with Crippen molar-refractivity contribution in [2.24, 2.45) is 5.73 Å². The number of benzene rings is 1. The molecule has 2 N–H and O–H groups in total. The molecule has 1 aromatic carbocycles. The van der Waals surface area contributed by atoms with Gasteiger partial charge in [-0.15, -0.1) is 0 Å². The van der Waals surface area contributed by atoms with Crippen LogP contribution >= 0.6 is 11.6 Å². The van der Waals surface area contributed by atoms with Crippen LogP contribution in [0.4, 0.5) is 0 Å². The lowest BCUT2D eigenvalue weighted by atomic mass is 10.2. The molecule has 0 spiro atoms. The average molecular weight is 230 g/mol. The molecule has 1 aromatic rings. The van der Waals surface area contributed by atoms with Crippen molar-refractivity contribution in [3.63, 3.8) is 0 Å². The molecule has 0 bridgehead atoms. The standard InChI is InChI=1S/C11H16ClNO2/c1-9-2-3-10(12)8-11(9)15-7-6-14-5-4-13/h2-3,8H,4-7,13H2,1H3. The first-order valence-electron chi connectivity index (χ1n) is 4.91. The molecule has 0 aliphatic rings. The molecule has 4 heteroatoms. The fourth-order valence-corrected chi connectivity index (χ4v) is 1.29. The van der Waals surface area contributed by atoms with Gasteiger partial charge in [-0.1, -0.05) is 17.7 Å². The fraction of sp³-hybridized carbons (Fsp3) is 0.455. The van der Waals surface area contributed by atoms with Gasteiger partial charge in [-0.2, -0.15) is 0 Å². The third-order valence-corrected chi connectivity index (χ3v) is 2.13. The van der Waals surface area contributed by atoms with Gasteiger partial charge in [0.25, 0.3) is 0 Å². The van der Waals surface area contributed by atoms with E-state index in [4.69, 9.17) is 26.8 Å². The van der Waals surface area contributed by atoms with E-state index >= 15 is 0 Å². The van der Waals surface area contributed by atoms with Crippen LogP contribution < -0.4 is 10.5 Å². The van der Waals surface area contributed by atoms with Gasteiger partial charge in [-0.3, -0.25) is 0 Å². The predicted molar refractivity (Wildman–Crippen MR) is 61.6 cm³/mol. The summed E-state index contributed by atoms with van der Waals surface area (Å²) in [5.41, 5.74) is 6.35. The van der Waals surface area contributed by atoms with E-state index in [0.717, 1.165) is 11.3 Å². The highest BCUT2D eigenvalue weighted by Gasteiger charge is 2.00. The maximum Gasteiger partial charge on any atom is 0.123 e. The van der Waals surface area contributed by atoms with Gasteiger partial charge >= 0.3 is 0 Å². The molecule has 0 aromatic heterocycles. The zero-order valence-electron chi connectivity index (χ0n) is 8.83. The molecule has 0 atom stereocenters. The monoisotopic (exact) mass is 229 g/mol. The minimum Gasteiger partial charge on any atom is -0.491 e. The Morgan fingerprint density at radius 1 is 1.27 bits per heavy atom. The lowest BCUT2D eigenvalue weighted by Crippen LogP contribution is -2.13. The quantitative estimate of drug-likeness (QED) is 0.759. The number of ether oxygens (including phenoxy) is 2. The van der Waals surface area contributed by atoms with Crippen LogP contribution in [0.1, 0.15) is 5.56 Å². The molecule has 0 saturated carbocycles. The SMILES string of the molecule is Cc1ccc(Cl)cc1OCCOCCN. The summed E-state index contributed by atoms with van der Waals surface area (Å²) in [7, 11) is 0. The lowest BCUT2D eigenvalue weighted by molar-refractivity contribution is 0.105. The number of halogens is 1. The van der Waals surface area contributed by atoms with Crippen LogP contribution in [0.2, 0.25) is 5.02 Å². The van der Waals surface area contributed by atoms with E-state index < -0.39 is 0 Å². The lowest BCUT2D eigenvalue weighted by Gasteiger charge is -2.09. The van der Waals surface area contributed by atoms with Gasteiger partial charge in [0.2, 0.25) is 0 Å². The zero-order chi connectivity index (χ0) is 11.1. The maximum atomic E-state index is 5.85. The zero-order valence-corrected chi connectivity index (χ0v) is 9.59. The van der Waals surface area contributed by atoms with Gasteiger partial charge in [0.05, 0.1) is 13.2 Å². The van der Waals surface area contributed by atoms with Crippen LogP contribution in [0.25, 0.3) is 0 Å². The molecular weight excluding hydrogens is 214 g/mol. The van der Waals surface area contributed by atoms with E-state index in [1.807, 2.05) is 19.1 Å².